The molecule has 1 aromatic heterocycles. The summed E-state index contributed by atoms with van der Waals surface area (Å²) in [4.78, 5) is 6.63. The summed E-state index contributed by atoms with van der Waals surface area (Å²) in [5.41, 5.74) is 0. The van der Waals surface area contributed by atoms with Crippen LogP contribution in [0.1, 0.15) is 12.2 Å². The Morgan fingerprint density at radius 2 is 2.53 bits per heavy atom. The SMILES string of the molecule is CN(Cc1ncc(Cl)n1C)C1CCNC1. The summed E-state index contributed by atoms with van der Waals surface area (Å²) in [6.07, 6.45) is 2.92. The lowest BCUT2D eigenvalue weighted by atomic mass is 10.2. The minimum atomic E-state index is 0.625. The molecule has 1 saturated heterocycles. The molecule has 0 radical (unpaired) electrons. The summed E-state index contributed by atoms with van der Waals surface area (Å²) < 4.78 is 1.93. The lowest BCUT2D eigenvalue weighted by Crippen LogP contribution is -2.33. The van der Waals surface area contributed by atoms with Crippen molar-refractivity contribution in [3.05, 3.63) is 17.2 Å². The highest BCUT2D eigenvalue weighted by Gasteiger charge is 2.20. The number of rotatable bonds is 3. The Morgan fingerprint density at radius 3 is 3.07 bits per heavy atom. The first-order valence-electron chi connectivity index (χ1n) is 5.25. The quantitative estimate of drug-likeness (QED) is 0.834. The monoisotopic (exact) mass is 228 g/mol. The minimum absolute atomic E-state index is 0.625. The first-order chi connectivity index (χ1) is 7.18. The molecule has 0 amide bonds. The first-order valence-corrected chi connectivity index (χ1v) is 5.63. The molecule has 1 aliphatic rings. The highest BCUT2D eigenvalue weighted by atomic mass is 35.5. The van der Waals surface area contributed by atoms with Gasteiger partial charge in [0, 0.05) is 19.6 Å². The van der Waals surface area contributed by atoms with Gasteiger partial charge in [-0.25, -0.2) is 4.98 Å². The Bertz CT molecular complexity index is 330. The summed E-state index contributed by atoms with van der Waals surface area (Å²) in [6, 6.07) is 0.625. The van der Waals surface area contributed by atoms with Crippen LogP contribution in [0.15, 0.2) is 6.20 Å². The van der Waals surface area contributed by atoms with Crippen molar-refractivity contribution >= 4 is 11.6 Å². The van der Waals surface area contributed by atoms with Crippen molar-refractivity contribution in [1.29, 1.82) is 0 Å². The third-order valence-corrected chi connectivity index (χ3v) is 3.43. The van der Waals surface area contributed by atoms with Gasteiger partial charge in [-0.3, -0.25) is 4.90 Å². The van der Waals surface area contributed by atoms with Crippen LogP contribution >= 0.6 is 11.6 Å². The number of halogens is 1. The largest absolute Gasteiger partial charge is 0.321 e. The van der Waals surface area contributed by atoms with Gasteiger partial charge < -0.3 is 9.88 Å². The van der Waals surface area contributed by atoms with E-state index in [-0.39, 0.29) is 0 Å². The lowest BCUT2D eigenvalue weighted by Gasteiger charge is -2.22. The van der Waals surface area contributed by atoms with Crippen molar-refractivity contribution in [2.24, 2.45) is 7.05 Å². The summed E-state index contributed by atoms with van der Waals surface area (Å²) in [7, 11) is 4.09. The molecule has 2 rings (SSSR count). The van der Waals surface area contributed by atoms with Gasteiger partial charge in [0.25, 0.3) is 0 Å². The predicted molar refractivity (Wildman–Crippen MR) is 61.0 cm³/mol. The maximum atomic E-state index is 5.94. The fourth-order valence-electron chi connectivity index (χ4n) is 1.94. The fourth-order valence-corrected chi connectivity index (χ4v) is 2.09. The average Bonchev–Trinajstić information content (AvgIpc) is 2.83. The van der Waals surface area contributed by atoms with E-state index in [0.29, 0.717) is 11.2 Å². The Kier molecular flexibility index (Phi) is 3.29. The number of hydrogen-bond donors (Lipinski definition) is 1. The van der Waals surface area contributed by atoms with Crippen molar-refractivity contribution in [2.75, 3.05) is 20.1 Å². The third-order valence-electron chi connectivity index (χ3n) is 3.08. The highest BCUT2D eigenvalue weighted by Crippen LogP contribution is 2.13. The van der Waals surface area contributed by atoms with Crippen LogP contribution in [0.5, 0.6) is 0 Å². The highest BCUT2D eigenvalue weighted by molar-refractivity contribution is 6.29. The van der Waals surface area contributed by atoms with E-state index in [4.69, 9.17) is 11.6 Å². The van der Waals surface area contributed by atoms with E-state index in [0.717, 1.165) is 25.5 Å². The van der Waals surface area contributed by atoms with Crippen molar-refractivity contribution in [2.45, 2.75) is 19.0 Å². The number of nitrogens with zero attached hydrogens (tertiary/aromatic N) is 3. The molecule has 2 heterocycles. The summed E-state index contributed by atoms with van der Waals surface area (Å²) in [5.74, 6) is 1.02. The minimum Gasteiger partial charge on any atom is -0.321 e. The van der Waals surface area contributed by atoms with Gasteiger partial charge in [0.2, 0.25) is 0 Å². The Morgan fingerprint density at radius 1 is 1.73 bits per heavy atom. The standard InChI is InChI=1S/C10H17ClN4/c1-14(8-3-4-12-5-8)7-10-13-6-9(11)15(10)2/h6,8,12H,3-5,7H2,1-2H3. The number of hydrogen-bond acceptors (Lipinski definition) is 3. The molecule has 84 valence electrons. The Hall–Kier alpha value is -0.580. The molecule has 0 bridgehead atoms. The van der Waals surface area contributed by atoms with Crippen molar-refractivity contribution < 1.29 is 0 Å². The van der Waals surface area contributed by atoms with Gasteiger partial charge in [-0.15, -0.1) is 0 Å². The summed E-state index contributed by atoms with van der Waals surface area (Å²) >= 11 is 5.94. The molecule has 0 aliphatic carbocycles. The molecule has 1 aliphatic heterocycles. The van der Waals surface area contributed by atoms with Crippen LogP contribution in [0, 0.1) is 0 Å². The Labute approximate surface area is 95.2 Å². The molecule has 0 aromatic carbocycles. The van der Waals surface area contributed by atoms with Crippen molar-refractivity contribution in [3.63, 3.8) is 0 Å². The van der Waals surface area contributed by atoms with E-state index >= 15 is 0 Å². The molecule has 0 spiro atoms. The van der Waals surface area contributed by atoms with Gasteiger partial charge in [-0.05, 0) is 20.0 Å². The predicted octanol–water partition coefficient (Wildman–Crippen LogP) is 0.867. The summed E-state index contributed by atoms with van der Waals surface area (Å²) in [5, 5.41) is 4.06. The van der Waals surface area contributed by atoms with E-state index in [1.54, 1.807) is 6.20 Å². The van der Waals surface area contributed by atoms with Gasteiger partial charge >= 0.3 is 0 Å². The molecule has 1 atom stereocenters. The zero-order valence-corrected chi connectivity index (χ0v) is 9.96. The smallest absolute Gasteiger partial charge is 0.128 e. The second-order valence-electron chi connectivity index (χ2n) is 4.12. The molecular formula is C10H17ClN4. The maximum absolute atomic E-state index is 5.94. The molecule has 1 aromatic rings. The molecule has 4 nitrogen and oxygen atoms in total. The number of nitrogens with one attached hydrogen (secondary N) is 1. The van der Waals surface area contributed by atoms with E-state index < -0.39 is 0 Å². The van der Waals surface area contributed by atoms with Gasteiger partial charge in [0.1, 0.15) is 11.0 Å². The molecule has 1 fully saturated rings. The van der Waals surface area contributed by atoms with E-state index in [1.165, 1.54) is 6.42 Å². The molecule has 0 saturated carbocycles. The Balaban J connectivity index is 1.98. The topological polar surface area (TPSA) is 33.1 Å². The second kappa shape index (κ2) is 4.51. The molecule has 1 unspecified atom stereocenters. The van der Waals surface area contributed by atoms with E-state index in [9.17, 15) is 0 Å². The van der Waals surface area contributed by atoms with Gasteiger partial charge in [0.05, 0.1) is 12.7 Å². The lowest BCUT2D eigenvalue weighted by molar-refractivity contribution is 0.241. The number of likely N-dealkylation sites (N-methyl/N-ethyl adjacent to an activating group) is 1. The molecule has 5 heteroatoms. The van der Waals surface area contributed by atoms with Crippen molar-refractivity contribution in [3.8, 4) is 0 Å². The first kappa shape index (κ1) is 10.9. The van der Waals surface area contributed by atoms with Gasteiger partial charge in [-0.1, -0.05) is 11.6 Å². The van der Waals surface area contributed by atoms with Crippen LogP contribution in [0.2, 0.25) is 5.15 Å². The van der Waals surface area contributed by atoms with Crippen LogP contribution in [-0.4, -0.2) is 40.6 Å². The van der Waals surface area contributed by atoms with Crippen molar-refractivity contribution in [1.82, 2.24) is 19.8 Å². The zero-order valence-electron chi connectivity index (χ0n) is 9.20. The maximum Gasteiger partial charge on any atom is 0.128 e. The second-order valence-corrected chi connectivity index (χ2v) is 4.51. The third kappa shape index (κ3) is 2.33. The summed E-state index contributed by atoms with van der Waals surface area (Å²) in [6.45, 7) is 3.06. The zero-order chi connectivity index (χ0) is 10.8. The average molecular weight is 229 g/mol. The van der Waals surface area contributed by atoms with E-state index in [1.807, 2.05) is 11.6 Å². The molecule has 1 N–H and O–H groups in total. The molecule has 15 heavy (non-hydrogen) atoms. The van der Waals surface area contributed by atoms with Gasteiger partial charge in [-0.2, -0.15) is 0 Å². The fraction of sp³-hybridized carbons (Fsp3) is 0.700. The van der Waals surface area contributed by atoms with E-state index in [2.05, 4.69) is 22.2 Å². The van der Waals surface area contributed by atoms with Crippen LogP contribution < -0.4 is 5.32 Å². The van der Waals surface area contributed by atoms with Crippen LogP contribution in [0.25, 0.3) is 0 Å². The van der Waals surface area contributed by atoms with Gasteiger partial charge in [0.15, 0.2) is 0 Å². The molecular weight excluding hydrogens is 212 g/mol. The normalized spacial score (nSPS) is 21.5. The number of aromatic nitrogens is 2. The van der Waals surface area contributed by atoms with Crippen LogP contribution in [0.3, 0.4) is 0 Å². The van der Waals surface area contributed by atoms with Crippen LogP contribution in [-0.2, 0) is 13.6 Å². The number of imidazole rings is 1. The van der Waals surface area contributed by atoms with Crippen LogP contribution in [0.4, 0.5) is 0 Å².